The standard InChI is InChI=1S/C32H37BrFN3O5S/c1-3-42-29-17-19-30(20-18-29)43(40,41)37(28-15-13-26(34)14-16-28)22-31(38)36(21-24-9-11-25(33)12-10-24)23(2)32(39)35-27-7-5-4-6-8-27/h9-20,23,27H,3-8,21-22H2,1-2H3,(H,35,39)/t23-/m0/s1. The highest BCUT2D eigenvalue weighted by atomic mass is 79.9. The van der Waals surface area contributed by atoms with E-state index < -0.39 is 34.3 Å². The van der Waals surface area contributed by atoms with E-state index in [9.17, 15) is 22.4 Å². The highest BCUT2D eigenvalue weighted by Crippen LogP contribution is 2.27. The van der Waals surface area contributed by atoms with Crippen molar-refractivity contribution in [2.75, 3.05) is 17.5 Å². The van der Waals surface area contributed by atoms with Gasteiger partial charge in [0.1, 0.15) is 24.2 Å². The fourth-order valence-electron chi connectivity index (χ4n) is 5.08. The van der Waals surface area contributed by atoms with Crippen molar-refractivity contribution in [2.24, 2.45) is 0 Å². The van der Waals surface area contributed by atoms with E-state index in [4.69, 9.17) is 4.74 Å². The van der Waals surface area contributed by atoms with Gasteiger partial charge in [0.25, 0.3) is 10.0 Å². The third-order valence-electron chi connectivity index (χ3n) is 7.50. The molecule has 1 saturated carbocycles. The highest BCUT2D eigenvalue weighted by molar-refractivity contribution is 9.10. The minimum atomic E-state index is -4.27. The van der Waals surface area contributed by atoms with Gasteiger partial charge in [-0.3, -0.25) is 13.9 Å². The number of nitrogens with one attached hydrogen (secondary N) is 1. The number of nitrogens with zero attached hydrogens (tertiary/aromatic N) is 2. The predicted molar refractivity (Wildman–Crippen MR) is 168 cm³/mol. The van der Waals surface area contributed by atoms with Crippen molar-refractivity contribution in [2.45, 2.75) is 69.5 Å². The third-order valence-corrected chi connectivity index (χ3v) is 9.82. The molecule has 230 valence electrons. The van der Waals surface area contributed by atoms with Gasteiger partial charge >= 0.3 is 0 Å². The van der Waals surface area contributed by atoms with Gasteiger partial charge in [-0.15, -0.1) is 0 Å². The van der Waals surface area contributed by atoms with Crippen LogP contribution in [0.5, 0.6) is 5.75 Å². The normalized spacial score (nSPS) is 14.5. The lowest BCUT2D eigenvalue weighted by Crippen LogP contribution is -2.53. The average molecular weight is 675 g/mol. The quantitative estimate of drug-likeness (QED) is 0.253. The number of hydrogen-bond donors (Lipinski definition) is 1. The van der Waals surface area contributed by atoms with Gasteiger partial charge in [0.2, 0.25) is 11.8 Å². The summed E-state index contributed by atoms with van der Waals surface area (Å²) in [5, 5.41) is 3.09. The summed E-state index contributed by atoms with van der Waals surface area (Å²) in [6.45, 7) is 3.38. The lowest BCUT2D eigenvalue weighted by Gasteiger charge is -2.33. The van der Waals surface area contributed by atoms with E-state index in [-0.39, 0.29) is 29.1 Å². The number of halogens is 2. The molecule has 0 unspecified atom stereocenters. The van der Waals surface area contributed by atoms with Gasteiger partial charge in [-0.05, 0) is 92.9 Å². The highest BCUT2D eigenvalue weighted by Gasteiger charge is 2.33. The van der Waals surface area contributed by atoms with Crippen molar-refractivity contribution in [3.63, 3.8) is 0 Å². The zero-order valence-corrected chi connectivity index (χ0v) is 26.7. The molecule has 0 radical (unpaired) electrons. The fourth-order valence-corrected chi connectivity index (χ4v) is 6.75. The number of benzene rings is 3. The molecule has 1 aliphatic rings. The molecule has 2 amide bonds. The van der Waals surface area contributed by atoms with Crippen molar-refractivity contribution in [3.8, 4) is 5.75 Å². The molecular weight excluding hydrogens is 637 g/mol. The number of sulfonamides is 1. The largest absolute Gasteiger partial charge is 0.494 e. The molecule has 0 aliphatic heterocycles. The molecule has 43 heavy (non-hydrogen) atoms. The summed E-state index contributed by atoms with van der Waals surface area (Å²) in [6, 6.07) is 17.3. The molecule has 3 aromatic rings. The summed E-state index contributed by atoms with van der Waals surface area (Å²) in [4.78, 5) is 28.8. The molecule has 1 aliphatic carbocycles. The molecule has 0 aromatic heterocycles. The van der Waals surface area contributed by atoms with Crippen LogP contribution in [0, 0.1) is 5.82 Å². The van der Waals surface area contributed by atoms with Crippen molar-refractivity contribution in [3.05, 3.63) is 88.6 Å². The van der Waals surface area contributed by atoms with Crippen molar-refractivity contribution in [1.29, 1.82) is 0 Å². The van der Waals surface area contributed by atoms with Crippen LogP contribution in [-0.4, -0.2) is 50.4 Å². The summed E-state index contributed by atoms with van der Waals surface area (Å²) in [7, 11) is -4.27. The maximum Gasteiger partial charge on any atom is 0.264 e. The molecule has 0 saturated heterocycles. The SMILES string of the molecule is CCOc1ccc(S(=O)(=O)N(CC(=O)N(Cc2ccc(Br)cc2)[C@@H](C)C(=O)NC2CCCCC2)c2ccc(F)cc2)cc1. The third kappa shape index (κ3) is 8.57. The first-order valence-corrected chi connectivity index (χ1v) is 16.7. The van der Waals surface area contributed by atoms with E-state index in [1.165, 1.54) is 29.2 Å². The number of carbonyl (C=O) groups is 2. The minimum Gasteiger partial charge on any atom is -0.494 e. The van der Waals surface area contributed by atoms with Crippen LogP contribution in [0.4, 0.5) is 10.1 Å². The lowest BCUT2D eigenvalue weighted by atomic mass is 9.95. The topological polar surface area (TPSA) is 96.0 Å². The van der Waals surface area contributed by atoms with Crippen LogP contribution >= 0.6 is 15.9 Å². The van der Waals surface area contributed by atoms with Crippen LogP contribution in [0.15, 0.2) is 82.2 Å². The van der Waals surface area contributed by atoms with Gasteiger partial charge in [-0.1, -0.05) is 47.3 Å². The van der Waals surface area contributed by atoms with Crippen LogP contribution in [0.1, 0.15) is 51.5 Å². The number of carbonyl (C=O) groups excluding carboxylic acids is 2. The maximum atomic E-state index is 14.1. The Morgan fingerprint density at radius 1 is 0.977 bits per heavy atom. The molecule has 3 aromatic carbocycles. The van der Waals surface area contributed by atoms with E-state index >= 15 is 0 Å². The van der Waals surface area contributed by atoms with Crippen molar-refractivity contribution >= 4 is 43.5 Å². The number of amides is 2. The van der Waals surface area contributed by atoms with E-state index in [1.807, 2.05) is 31.2 Å². The van der Waals surface area contributed by atoms with Gasteiger partial charge in [-0.25, -0.2) is 12.8 Å². The number of hydrogen-bond acceptors (Lipinski definition) is 5. The Balaban J connectivity index is 1.66. The average Bonchev–Trinajstić information content (AvgIpc) is 3.00. The lowest BCUT2D eigenvalue weighted by molar-refractivity contribution is -0.139. The first kappa shape index (κ1) is 32.5. The van der Waals surface area contributed by atoms with Gasteiger partial charge in [0, 0.05) is 17.1 Å². The molecule has 4 rings (SSSR count). The van der Waals surface area contributed by atoms with Gasteiger partial charge in [0.05, 0.1) is 17.2 Å². The zero-order valence-electron chi connectivity index (χ0n) is 24.3. The summed E-state index contributed by atoms with van der Waals surface area (Å²) in [6.07, 6.45) is 4.99. The van der Waals surface area contributed by atoms with Gasteiger partial charge in [0.15, 0.2) is 0 Å². The monoisotopic (exact) mass is 673 g/mol. The van der Waals surface area contributed by atoms with E-state index in [2.05, 4.69) is 21.2 Å². The van der Waals surface area contributed by atoms with Crippen LogP contribution in [0.3, 0.4) is 0 Å². The van der Waals surface area contributed by atoms with Crippen LogP contribution in [-0.2, 0) is 26.2 Å². The summed E-state index contributed by atoms with van der Waals surface area (Å²) in [5.74, 6) is -0.907. The number of anilines is 1. The number of ether oxygens (including phenoxy) is 1. The number of rotatable bonds is 12. The molecular formula is C32H37BrFN3O5S. The molecule has 0 spiro atoms. The summed E-state index contributed by atoms with van der Waals surface area (Å²) < 4.78 is 49.0. The second-order valence-corrected chi connectivity index (χ2v) is 13.3. The Morgan fingerprint density at radius 3 is 2.21 bits per heavy atom. The second kappa shape index (κ2) is 14.8. The van der Waals surface area contributed by atoms with E-state index in [0.29, 0.717) is 12.4 Å². The zero-order chi connectivity index (χ0) is 31.0. The molecule has 0 heterocycles. The van der Waals surface area contributed by atoms with Crippen molar-refractivity contribution < 1.29 is 27.1 Å². The fraction of sp³-hybridized carbons (Fsp3) is 0.375. The van der Waals surface area contributed by atoms with Crippen LogP contribution in [0.2, 0.25) is 0 Å². The molecule has 0 bridgehead atoms. The Kier molecular flexibility index (Phi) is 11.2. The van der Waals surface area contributed by atoms with Gasteiger partial charge < -0.3 is 15.0 Å². The van der Waals surface area contributed by atoms with Gasteiger partial charge in [-0.2, -0.15) is 0 Å². The summed E-state index contributed by atoms with van der Waals surface area (Å²) in [5.41, 5.74) is 0.892. The Labute approximate surface area is 261 Å². The molecule has 1 N–H and O–H groups in total. The Bertz CT molecular complexity index is 1480. The molecule has 1 fully saturated rings. The second-order valence-electron chi connectivity index (χ2n) is 10.6. The first-order valence-electron chi connectivity index (χ1n) is 14.4. The minimum absolute atomic E-state index is 0.0454. The molecule has 1 atom stereocenters. The Morgan fingerprint density at radius 2 is 1.60 bits per heavy atom. The van der Waals surface area contributed by atoms with E-state index in [1.54, 1.807) is 19.1 Å². The van der Waals surface area contributed by atoms with Crippen LogP contribution < -0.4 is 14.4 Å². The molecule has 8 nitrogen and oxygen atoms in total. The maximum absolute atomic E-state index is 14.1. The summed E-state index contributed by atoms with van der Waals surface area (Å²) >= 11 is 3.42. The smallest absolute Gasteiger partial charge is 0.264 e. The van der Waals surface area contributed by atoms with Crippen LogP contribution in [0.25, 0.3) is 0 Å². The van der Waals surface area contributed by atoms with E-state index in [0.717, 1.165) is 58.6 Å². The predicted octanol–water partition coefficient (Wildman–Crippen LogP) is 6.05. The van der Waals surface area contributed by atoms with Crippen molar-refractivity contribution in [1.82, 2.24) is 10.2 Å². The molecule has 11 heteroatoms. The first-order chi connectivity index (χ1) is 20.6. The Hall–Kier alpha value is -3.44.